The van der Waals surface area contributed by atoms with E-state index >= 15 is 0 Å². The number of cyclic esters (lactones) is 1. The van der Waals surface area contributed by atoms with Crippen LogP contribution in [0, 0.1) is 6.92 Å². The first-order valence-corrected chi connectivity index (χ1v) is 11.5. The quantitative estimate of drug-likeness (QED) is 0.486. The molecule has 1 saturated carbocycles. The first-order chi connectivity index (χ1) is 17.0. The van der Waals surface area contributed by atoms with E-state index in [2.05, 4.69) is 30.0 Å². The molecule has 10 nitrogen and oxygen atoms in total. The number of anilines is 2. The summed E-state index contributed by atoms with van der Waals surface area (Å²) in [6.45, 7) is 3.81. The van der Waals surface area contributed by atoms with Crippen molar-refractivity contribution in [2.75, 3.05) is 16.8 Å². The van der Waals surface area contributed by atoms with Gasteiger partial charge in [-0.2, -0.15) is 15.0 Å². The van der Waals surface area contributed by atoms with Crippen LogP contribution in [0.1, 0.15) is 37.6 Å². The third kappa shape index (κ3) is 4.50. The highest BCUT2D eigenvalue weighted by Crippen LogP contribution is 2.47. The Morgan fingerprint density at radius 1 is 1.25 bits per heavy atom. The van der Waals surface area contributed by atoms with Gasteiger partial charge in [0, 0.05) is 17.0 Å². The first kappa shape index (κ1) is 24.1. The lowest BCUT2D eigenvalue weighted by atomic mass is 10.0. The second-order valence-corrected chi connectivity index (χ2v) is 9.06. The number of hydrogen-bond donors (Lipinski definition) is 2. The van der Waals surface area contributed by atoms with E-state index < -0.39 is 29.3 Å². The zero-order chi connectivity index (χ0) is 25.8. The highest BCUT2D eigenvalue weighted by atomic mass is 35.5. The Labute approximate surface area is 206 Å². The number of alkyl halides is 3. The topological polar surface area (TPSA) is 122 Å². The number of carbonyl (C=O) groups is 1. The number of aryl methyl sites for hydroxylation is 1. The smallest absolute Gasteiger partial charge is 0.447 e. The van der Waals surface area contributed by atoms with E-state index in [9.17, 15) is 22.8 Å². The molecule has 1 aliphatic carbocycles. The molecular weight excluding hydrogens is 505 g/mol. The average molecular weight is 525 g/mol. The molecule has 14 heteroatoms. The number of H-pyrrole nitrogens is 1. The number of ether oxygens (including phenoxy) is 2. The van der Waals surface area contributed by atoms with Gasteiger partial charge < -0.3 is 19.8 Å². The van der Waals surface area contributed by atoms with Crippen molar-refractivity contribution >= 4 is 40.5 Å². The number of rotatable bonds is 6. The van der Waals surface area contributed by atoms with Crippen LogP contribution in [-0.2, 0) is 10.3 Å². The van der Waals surface area contributed by atoms with Crippen LogP contribution in [-0.4, -0.2) is 45.0 Å². The molecule has 0 unspecified atom stereocenters. The maximum atomic E-state index is 12.9. The average Bonchev–Trinajstić information content (AvgIpc) is 3.45. The number of benzene rings is 1. The summed E-state index contributed by atoms with van der Waals surface area (Å²) in [6.07, 6.45) is -3.67. The fourth-order valence-electron chi connectivity index (χ4n) is 4.20. The molecule has 0 bridgehead atoms. The molecule has 0 spiro atoms. The number of hydrogen-bond acceptors (Lipinski definition) is 8. The van der Waals surface area contributed by atoms with Crippen LogP contribution >= 0.6 is 11.6 Å². The molecule has 2 fully saturated rings. The Morgan fingerprint density at radius 3 is 2.67 bits per heavy atom. The SMILES string of the molecule is CC[C@H]1COC(=O)N1c1nc(C)nc(NC2(c3cc4cc(Cl)c(OC(F)(F)F)cc4[nH]c3=O)CC2)n1. The van der Waals surface area contributed by atoms with Crippen molar-refractivity contribution in [3.05, 3.63) is 45.0 Å². The van der Waals surface area contributed by atoms with Gasteiger partial charge in [-0.15, -0.1) is 13.2 Å². The van der Waals surface area contributed by atoms with Crippen LogP contribution in [0.25, 0.3) is 10.9 Å². The van der Waals surface area contributed by atoms with E-state index in [1.807, 2.05) is 6.92 Å². The number of amides is 1. The molecular formula is C22H20ClF3N6O4. The summed E-state index contributed by atoms with van der Waals surface area (Å²) >= 11 is 5.99. The van der Waals surface area contributed by atoms with Gasteiger partial charge in [-0.3, -0.25) is 4.79 Å². The van der Waals surface area contributed by atoms with Gasteiger partial charge in [-0.25, -0.2) is 9.69 Å². The second-order valence-electron chi connectivity index (χ2n) is 8.65. The molecule has 1 atom stereocenters. The van der Waals surface area contributed by atoms with Crippen LogP contribution < -0.4 is 20.5 Å². The minimum absolute atomic E-state index is 0.139. The molecule has 3 heterocycles. The van der Waals surface area contributed by atoms with E-state index in [1.165, 1.54) is 11.0 Å². The van der Waals surface area contributed by atoms with E-state index in [1.54, 1.807) is 13.0 Å². The van der Waals surface area contributed by atoms with Crippen LogP contribution in [0.4, 0.5) is 29.9 Å². The van der Waals surface area contributed by atoms with Crippen molar-refractivity contribution in [3.8, 4) is 5.75 Å². The Balaban J connectivity index is 1.48. The van der Waals surface area contributed by atoms with Gasteiger partial charge in [0.2, 0.25) is 11.9 Å². The van der Waals surface area contributed by atoms with E-state index in [4.69, 9.17) is 16.3 Å². The van der Waals surface area contributed by atoms with Crippen LogP contribution in [0.2, 0.25) is 5.02 Å². The third-order valence-electron chi connectivity index (χ3n) is 6.12. The summed E-state index contributed by atoms with van der Waals surface area (Å²) in [5.41, 5.74) is -0.814. The zero-order valence-electron chi connectivity index (χ0n) is 19.1. The molecule has 36 heavy (non-hydrogen) atoms. The molecule has 2 aliphatic rings. The Hall–Kier alpha value is -3.61. The molecule has 3 aromatic rings. The number of nitrogens with zero attached hydrogens (tertiary/aromatic N) is 4. The molecule has 190 valence electrons. The van der Waals surface area contributed by atoms with Gasteiger partial charge >= 0.3 is 12.5 Å². The fourth-order valence-corrected chi connectivity index (χ4v) is 4.41. The Morgan fingerprint density at radius 2 is 2.00 bits per heavy atom. The fraction of sp³-hybridized carbons (Fsp3) is 0.409. The summed E-state index contributed by atoms with van der Waals surface area (Å²) in [6, 6.07) is 3.69. The number of halogens is 4. The normalized spacial score (nSPS) is 18.9. The summed E-state index contributed by atoms with van der Waals surface area (Å²) in [5.74, 6) is 0.0742. The number of fused-ring (bicyclic) bond motifs is 1. The molecule has 0 radical (unpaired) electrons. The van der Waals surface area contributed by atoms with Gasteiger partial charge in [-0.05, 0) is 38.3 Å². The predicted molar refractivity (Wildman–Crippen MR) is 123 cm³/mol. The number of carbonyl (C=O) groups excluding carboxylic acids is 1. The number of aromatic nitrogens is 4. The van der Waals surface area contributed by atoms with Gasteiger partial charge in [0.1, 0.15) is 18.2 Å². The van der Waals surface area contributed by atoms with Gasteiger partial charge in [0.25, 0.3) is 5.56 Å². The molecule has 2 N–H and O–H groups in total. The van der Waals surface area contributed by atoms with Crippen molar-refractivity contribution in [2.45, 2.75) is 51.1 Å². The zero-order valence-corrected chi connectivity index (χ0v) is 19.8. The van der Waals surface area contributed by atoms with Gasteiger partial charge in [0.15, 0.2) is 0 Å². The van der Waals surface area contributed by atoms with Crippen LogP contribution in [0.3, 0.4) is 0 Å². The minimum Gasteiger partial charge on any atom is -0.447 e. The monoisotopic (exact) mass is 524 g/mol. The summed E-state index contributed by atoms with van der Waals surface area (Å²) in [4.78, 5) is 42.2. The maximum Gasteiger partial charge on any atom is 0.573 e. The van der Waals surface area contributed by atoms with Crippen molar-refractivity contribution < 1.29 is 27.4 Å². The van der Waals surface area contributed by atoms with Gasteiger partial charge in [-0.1, -0.05) is 18.5 Å². The standard InChI is InChI=1S/C22H20ClF3N6O4/c1-3-12-9-35-20(34)32(12)19-28-10(2)27-18(30-19)31-21(4-5-21)13-6-11-7-14(23)16(36-22(24,25)26)8-15(11)29-17(13)33/h6-8,12H,3-5,9H2,1-2H3,(H,29,33)(H,27,28,30,31)/t12-/m0/s1. The molecule has 1 amide bonds. The second kappa shape index (κ2) is 8.50. The Bertz CT molecular complexity index is 1430. The third-order valence-corrected chi connectivity index (χ3v) is 6.42. The number of pyridine rings is 1. The highest BCUT2D eigenvalue weighted by Gasteiger charge is 2.47. The Kier molecular flexibility index (Phi) is 5.69. The molecule has 1 saturated heterocycles. The lowest BCUT2D eigenvalue weighted by Gasteiger charge is -2.21. The summed E-state index contributed by atoms with van der Waals surface area (Å²) in [7, 11) is 0. The summed E-state index contributed by atoms with van der Waals surface area (Å²) in [5, 5.41) is 3.37. The molecule has 1 aromatic carbocycles. The minimum atomic E-state index is -4.93. The van der Waals surface area contributed by atoms with Crippen LogP contribution in [0.5, 0.6) is 5.75 Å². The van der Waals surface area contributed by atoms with E-state index in [-0.39, 0.29) is 35.1 Å². The maximum absolute atomic E-state index is 12.9. The molecule has 1 aliphatic heterocycles. The highest BCUT2D eigenvalue weighted by molar-refractivity contribution is 6.32. The van der Waals surface area contributed by atoms with E-state index in [0.29, 0.717) is 36.0 Å². The van der Waals surface area contributed by atoms with Crippen molar-refractivity contribution in [2.24, 2.45) is 0 Å². The molecule has 2 aromatic heterocycles. The van der Waals surface area contributed by atoms with Crippen molar-refractivity contribution in [3.63, 3.8) is 0 Å². The lowest BCUT2D eigenvalue weighted by molar-refractivity contribution is -0.274. The predicted octanol–water partition coefficient (Wildman–Crippen LogP) is 4.41. The number of nitrogens with one attached hydrogen (secondary N) is 2. The van der Waals surface area contributed by atoms with Crippen LogP contribution in [0.15, 0.2) is 23.0 Å². The summed E-state index contributed by atoms with van der Waals surface area (Å²) < 4.78 is 47.0. The molecule has 5 rings (SSSR count). The van der Waals surface area contributed by atoms with Crippen molar-refractivity contribution in [1.82, 2.24) is 19.9 Å². The largest absolute Gasteiger partial charge is 0.573 e. The van der Waals surface area contributed by atoms with E-state index in [0.717, 1.165) is 6.07 Å². The van der Waals surface area contributed by atoms with Crippen molar-refractivity contribution in [1.29, 1.82) is 0 Å². The van der Waals surface area contributed by atoms with Gasteiger partial charge in [0.05, 0.1) is 22.1 Å². The first-order valence-electron chi connectivity index (χ1n) is 11.1. The lowest BCUT2D eigenvalue weighted by Crippen LogP contribution is -2.35. The number of aromatic amines is 1.